The maximum atomic E-state index is 12.8. The van der Waals surface area contributed by atoms with E-state index in [0.717, 1.165) is 17.4 Å². The van der Waals surface area contributed by atoms with Crippen LogP contribution in [0.1, 0.15) is 17.5 Å². The molecule has 2 N–H and O–H groups in total. The molecule has 0 unspecified atom stereocenters. The van der Waals surface area contributed by atoms with Crippen LogP contribution in [0.3, 0.4) is 0 Å². The molecule has 0 amide bonds. The van der Waals surface area contributed by atoms with Crippen LogP contribution in [0.5, 0.6) is 0 Å². The van der Waals surface area contributed by atoms with E-state index >= 15 is 0 Å². The van der Waals surface area contributed by atoms with Gasteiger partial charge in [0.05, 0.1) is 0 Å². The Morgan fingerprint density at radius 2 is 2.21 bits per heavy atom. The lowest BCUT2D eigenvalue weighted by Gasteiger charge is -2.02. The molecular weight excluding hydrogens is 181 g/mol. The number of hydrogen-bond donors (Lipinski definition) is 1. The van der Waals surface area contributed by atoms with Gasteiger partial charge in [-0.3, -0.25) is 0 Å². The Bertz CT molecular complexity index is 347. The number of allylic oxidation sites excluding steroid dienone is 1. The van der Waals surface area contributed by atoms with Crippen LogP contribution in [0.15, 0.2) is 24.3 Å². The quantitative estimate of drug-likeness (QED) is 0.742. The first kappa shape index (κ1) is 10.6. The minimum absolute atomic E-state index is 0.290. The number of rotatable bonds is 4. The Hall–Kier alpha value is -1.48. The molecule has 0 atom stereocenters. The van der Waals surface area contributed by atoms with Gasteiger partial charge in [-0.25, -0.2) is 4.39 Å². The van der Waals surface area contributed by atoms with E-state index in [0.29, 0.717) is 13.0 Å². The number of hydrogen-bond acceptors (Lipinski definition) is 2. The third-order valence-electron chi connectivity index (χ3n) is 1.85. The van der Waals surface area contributed by atoms with Crippen LogP contribution in [0, 0.1) is 5.82 Å². The zero-order valence-corrected chi connectivity index (χ0v) is 7.74. The van der Waals surface area contributed by atoms with E-state index in [-0.39, 0.29) is 5.82 Å². The van der Waals surface area contributed by atoms with E-state index in [4.69, 9.17) is 5.73 Å². The minimum Gasteiger partial charge on any atom is -0.326 e. The molecule has 0 radical (unpaired) electrons. The van der Waals surface area contributed by atoms with Crippen LogP contribution in [-0.4, -0.2) is 6.29 Å². The molecule has 0 aliphatic carbocycles. The number of carbonyl (C=O) groups excluding carboxylic acids is 1. The summed E-state index contributed by atoms with van der Waals surface area (Å²) in [5, 5.41) is 0. The molecule has 1 rings (SSSR count). The second-order valence-electron chi connectivity index (χ2n) is 2.85. The van der Waals surface area contributed by atoms with E-state index < -0.39 is 0 Å². The Balaban J connectivity index is 2.90. The molecule has 74 valence electrons. The summed E-state index contributed by atoms with van der Waals surface area (Å²) in [6, 6.07) is 4.43. The van der Waals surface area contributed by atoms with Gasteiger partial charge < -0.3 is 10.5 Å². The molecule has 0 saturated heterocycles. The average Bonchev–Trinajstić information content (AvgIpc) is 2.20. The summed E-state index contributed by atoms with van der Waals surface area (Å²) in [7, 11) is 0. The predicted octanol–water partition coefficient (Wildman–Crippen LogP) is 1.89. The lowest BCUT2D eigenvalue weighted by atomic mass is 10.1. The van der Waals surface area contributed by atoms with Crippen molar-refractivity contribution in [3.63, 3.8) is 0 Å². The molecule has 0 aliphatic heterocycles. The molecule has 0 fully saturated rings. The zero-order chi connectivity index (χ0) is 10.4. The highest BCUT2D eigenvalue weighted by molar-refractivity contribution is 5.59. The van der Waals surface area contributed by atoms with Gasteiger partial charge in [0.15, 0.2) is 0 Å². The summed E-state index contributed by atoms with van der Waals surface area (Å²) < 4.78 is 12.8. The first-order valence-corrected chi connectivity index (χ1v) is 4.36. The molecule has 3 heteroatoms. The molecule has 2 nitrogen and oxygen atoms in total. The fraction of sp³-hybridized carbons (Fsp3) is 0.182. The van der Waals surface area contributed by atoms with E-state index in [9.17, 15) is 9.18 Å². The fourth-order valence-electron chi connectivity index (χ4n) is 1.16. The molecule has 0 aliphatic rings. The lowest BCUT2D eigenvalue weighted by molar-refractivity contribution is -0.107. The van der Waals surface area contributed by atoms with E-state index in [1.807, 2.05) is 0 Å². The summed E-state index contributed by atoms with van der Waals surface area (Å²) in [6.45, 7) is 0.290. The molecule has 1 aromatic carbocycles. The van der Waals surface area contributed by atoms with E-state index in [1.165, 1.54) is 12.1 Å². The van der Waals surface area contributed by atoms with Gasteiger partial charge >= 0.3 is 0 Å². The summed E-state index contributed by atoms with van der Waals surface area (Å²) >= 11 is 0. The van der Waals surface area contributed by atoms with Crippen LogP contribution in [0.4, 0.5) is 4.39 Å². The van der Waals surface area contributed by atoms with Crippen LogP contribution in [0.2, 0.25) is 0 Å². The maximum absolute atomic E-state index is 12.8. The number of carbonyl (C=O) groups is 1. The van der Waals surface area contributed by atoms with Crippen LogP contribution >= 0.6 is 0 Å². The van der Waals surface area contributed by atoms with Gasteiger partial charge in [-0.2, -0.15) is 0 Å². The highest BCUT2D eigenvalue weighted by Gasteiger charge is 1.98. The monoisotopic (exact) mass is 193 g/mol. The Kier molecular flexibility index (Phi) is 4.01. The number of aldehydes is 1. The molecule has 0 saturated carbocycles. The summed E-state index contributed by atoms with van der Waals surface area (Å²) in [5.41, 5.74) is 7.05. The smallest absolute Gasteiger partial charge is 0.123 e. The van der Waals surface area contributed by atoms with Crippen molar-refractivity contribution in [3.8, 4) is 0 Å². The Morgan fingerprint density at radius 1 is 1.43 bits per heavy atom. The molecule has 1 aromatic rings. The van der Waals surface area contributed by atoms with Crippen molar-refractivity contribution in [2.45, 2.75) is 13.0 Å². The van der Waals surface area contributed by atoms with Gasteiger partial charge in [-0.15, -0.1) is 0 Å². The van der Waals surface area contributed by atoms with Crippen LogP contribution in [0.25, 0.3) is 6.08 Å². The molecular formula is C11H12FNO. The fourth-order valence-corrected chi connectivity index (χ4v) is 1.16. The van der Waals surface area contributed by atoms with Gasteiger partial charge in [0.25, 0.3) is 0 Å². The van der Waals surface area contributed by atoms with Crippen molar-refractivity contribution in [1.29, 1.82) is 0 Å². The van der Waals surface area contributed by atoms with Gasteiger partial charge in [-0.05, 0) is 23.3 Å². The second-order valence-corrected chi connectivity index (χ2v) is 2.85. The number of halogens is 1. The van der Waals surface area contributed by atoms with Gasteiger partial charge in [0.2, 0.25) is 0 Å². The van der Waals surface area contributed by atoms with Crippen molar-refractivity contribution in [3.05, 3.63) is 41.2 Å². The SMILES string of the molecule is NCc1cc(F)ccc1C=CCC=O. The third kappa shape index (κ3) is 2.78. The maximum Gasteiger partial charge on any atom is 0.123 e. The normalized spacial score (nSPS) is 10.7. The van der Waals surface area contributed by atoms with Crippen molar-refractivity contribution in [2.24, 2.45) is 5.73 Å². The van der Waals surface area contributed by atoms with Crippen LogP contribution in [-0.2, 0) is 11.3 Å². The highest BCUT2D eigenvalue weighted by Crippen LogP contribution is 2.12. The van der Waals surface area contributed by atoms with Gasteiger partial charge in [0.1, 0.15) is 12.1 Å². The average molecular weight is 193 g/mol. The van der Waals surface area contributed by atoms with Crippen molar-refractivity contribution in [1.82, 2.24) is 0 Å². The lowest BCUT2D eigenvalue weighted by Crippen LogP contribution is -1.99. The molecule has 0 heterocycles. The largest absolute Gasteiger partial charge is 0.326 e. The summed E-state index contributed by atoms with van der Waals surface area (Å²) in [4.78, 5) is 10.1. The topological polar surface area (TPSA) is 43.1 Å². The molecule has 0 spiro atoms. The number of nitrogens with two attached hydrogens (primary N) is 1. The first-order chi connectivity index (χ1) is 6.77. The standard InChI is InChI=1S/C11H12FNO/c12-11-5-4-9(3-1-2-6-14)10(7-11)8-13/h1,3-7H,2,8,13H2. The highest BCUT2D eigenvalue weighted by atomic mass is 19.1. The zero-order valence-electron chi connectivity index (χ0n) is 7.74. The summed E-state index contributed by atoms with van der Waals surface area (Å²) in [5.74, 6) is -0.294. The Labute approximate surface area is 82.2 Å². The molecule has 14 heavy (non-hydrogen) atoms. The molecule has 0 aromatic heterocycles. The van der Waals surface area contributed by atoms with Gasteiger partial charge in [0, 0.05) is 13.0 Å². The third-order valence-corrected chi connectivity index (χ3v) is 1.85. The van der Waals surface area contributed by atoms with Crippen molar-refractivity contribution >= 4 is 12.4 Å². The van der Waals surface area contributed by atoms with Gasteiger partial charge in [-0.1, -0.05) is 18.2 Å². The number of benzene rings is 1. The minimum atomic E-state index is -0.294. The predicted molar refractivity (Wildman–Crippen MR) is 54.0 cm³/mol. The molecule has 0 bridgehead atoms. The van der Waals surface area contributed by atoms with Crippen molar-refractivity contribution in [2.75, 3.05) is 0 Å². The Morgan fingerprint density at radius 3 is 2.86 bits per heavy atom. The summed E-state index contributed by atoms with van der Waals surface area (Å²) in [6.07, 6.45) is 4.67. The van der Waals surface area contributed by atoms with Crippen molar-refractivity contribution < 1.29 is 9.18 Å². The van der Waals surface area contributed by atoms with E-state index in [2.05, 4.69) is 0 Å². The van der Waals surface area contributed by atoms with Crippen LogP contribution < -0.4 is 5.73 Å². The second kappa shape index (κ2) is 5.29. The van der Waals surface area contributed by atoms with E-state index in [1.54, 1.807) is 18.2 Å². The first-order valence-electron chi connectivity index (χ1n) is 4.36.